The number of aromatic nitrogens is 2. The van der Waals surface area contributed by atoms with Crippen LogP contribution < -0.4 is 15.5 Å². The number of rotatable bonds is 6. The van der Waals surface area contributed by atoms with Crippen molar-refractivity contribution in [1.82, 2.24) is 9.97 Å². The van der Waals surface area contributed by atoms with Gasteiger partial charge in [0.2, 0.25) is 0 Å². The molecule has 0 fully saturated rings. The number of anilines is 4. The summed E-state index contributed by atoms with van der Waals surface area (Å²) in [5, 5.41) is 18.0. The molecule has 0 unspecified atom stereocenters. The van der Waals surface area contributed by atoms with Crippen LogP contribution in [0.15, 0.2) is 108 Å². The van der Waals surface area contributed by atoms with E-state index >= 15 is 0 Å². The second-order valence-corrected chi connectivity index (χ2v) is 11.1. The number of amides is 2. The standard InChI is InChI=1S/C34H29N5O4/c1-34(2,3)39(33(41)42)24-9-6-8-21(18-24)32(40)38-23-16-14-22(15-17-23)37-30-19-28(35-20-36-30)27-12-7-11-26-25-10-4-5-13-29(25)43-31(26)27/h4-20H,1-3H3,(H,38,40)(H,41,42)(H,35,36,37). The molecule has 0 aliphatic carbocycles. The molecule has 214 valence electrons. The van der Waals surface area contributed by atoms with Crippen molar-refractivity contribution in [3.8, 4) is 11.3 Å². The highest BCUT2D eigenvalue weighted by Gasteiger charge is 2.28. The van der Waals surface area contributed by atoms with E-state index in [1.807, 2.05) is 60.7 Å². The van der Waals surface area contributed by atoms with Crippen LogP contribution in [0.1, 0.15) is 31.1 Å². The Labute approximate surface area is 247 Å². The van der Waals surface area contributed by atoms with E-state index in [-0.39, 0.29) is 5.91 Å². The molecule has 0 spiro atoms. The third kappa shape index (κ3) is 5.60. The number of benzene rings is 4. The quantitative estimate of drug-likeness (QED) is 0.184. The second kappa shape index (κ2) is 10.9. The van der Waals surface area contributed by atoms with Gasteiger partial charge in [-0.3, -0.25) is 9.69 Å². The molecule has 6 rings (SSSR count). The molecule has 43 heavy (non-hydrogen) atoms. The van der Waals surface area contributed by atoms with E-state index in [0.717, 1.165) is 38.9 Å². The Bertz CT molecular complexity index is 1980. The van der Waals surface area contributed by atoms with Gasteiger partial charge in [-0.05, 0) is 75.4 Å². The molecule has 9 nitrogen and oxygen atoms in total. The number of hydrogen-bond acceptors (Lipinski definition) is 6. The molecular formula is C34H29N5O4. The SMILES string of the molecule is CC(C)(C)N(C(=O)O)c1cccc(C(=O)Nc2ccc(Nc3cc(-c4cccc5c4oc4ccccc45)ncn3)cc2)c1. The van der Waals surface area contributed by atoms with Gasteiger partial charge in [-0.25, -0.2) is 14.8 Å². The van der Waals surface area contributed by atoms with Crippen LogP contribution in [0, 0.1) is 0 Å². The number of furan rings is 1. The summed E-state index contributed by atoms with van der Waals surface area (Å²) in [5.74, 6) is 0.260. The Morgan fingerprint density at radius 2 is 1.53 bits per heavy atom. The monoisotopic (exact) mass is 571 g/mol. The first kappa shape index (κ1) is 27.5. The van der Waals surface area contributed by atoms with E-state index in [4.69, 9.17) is 4.42 Å². The van der Waals surface area contributed by atoms with Crippen LogP contribution in [0.4, 0.5) is 27.7 Å². The summed E-state index contributed by atoms with van der Waals surface area (Å²) in [4.78, 5) is 35.0. The molecule has 2 aromatic heterocycles. The van der Waals surface area contributed by atoms with E-state index in [2.05, 4.69) is 20.6 Å². The Balaban J connectivity index is 1.18. The van der Waals surface area contributed by atoms with Crippen molar-refractivity contribution < 1.29 is 19.1 Å². The molecule has 9 heteroatoms. The topological polar surface area (TPSA) is 121 Å². The molecule has 2 amide bonds. The maximum absolute atomic E-state index is 13.0. The van der Waals surface area contributed by atoms with Crippen LogP contribution in [0.25, 0.3) is 33.2 Å². The van der Waals surface area contributed by atoms with Gasteiger partial charge in [0, 0.05) is 50.6 Å². The molecule has 0 atom stereocenters. The van der Waals surface area contributed by atoms with E-state index in [1.54, 1.807) is 57.2 Å². The summed E-state index contributed by atoms with van der Waals surface area (Å²) >= 11 is 0. The van der Waals surface area contributed by atoms with Crippen LogP contribution in [0.3, 0.4) is 0 Å². The number of fused-ring (bicyclic) bond motifs is 3. The maximum atomic E-state index is 13.0. The molecule has 0 aliphatic rings. The lowest BCUT2D eigenvalue weighted by atomic mass is 10.0. The molecule has 0 bridgehead atoms. The Kier molecular flexibility index (Phi) is 6.99. The average Bonchev–Trinajstić information content (AvgIpc) is 3.36. The lowest BCUT2D eigenvalue weighted by molar-refractivity contribution is 0.102. The van der Waals surface area contributed by atoms with E-state index < -0.39 is 11.6 Å². The minimum Gasteiger partial charge on any atom is -0.465 e. The smallest absolute Gasteiger partial charge is 0.412 e. The van der Waals surface area contributed by atoms with Gasteiger partial charge in [-0.2, -0.15) is 0 Å². The zero-order valence-corrected chi connectivity index (χ0v) is 23.8. The van der Waals surface area contributed by atoms with Gasteiger partial charge in [-0.15, -0.1) is 0 Å². The predicted octanol–water partition coefficient (Wildman–Crippen LogP) is 8.32. The summed E-state index contributed by atoms with van der Waals surface area (Å²) < 4.78 is 6.17. The Morgan fingerprint density at radius 3 is 2.30 bits per heavy atom. The highest BCUT2D eigenvalue weighted by atomic mass is 16.4. The van der Waals surface area contributed by atoms with Crippen molar-refractivity contribution in [2.24, 2.45) is 0 Å². The predicted molar refractivity (Wildman–Crippen MR) is 169 cm³/mol. The van der Waals surface area contributed by atoms with Gasteiger partial charge in [0.25, 0.3) is 5.91 Å². The molecule has 6 aromatic rings. The van der Waals surface area contributed by atoms with Gasteiger partial charge in [-0.1, -0.05) is 36.4 Å². The molecule has 0 saturated carbocycles. The van der Waals surface area contributed by atoms with E-state index in [1.165, 1.54) is 11.2 Å². The third-order valence-electron chi connectivity index (χ3n) is 6.99. The van der Waals surface area contributed by atoms with Crippen molar-refractivity contribution in [2.75, 3.05) is 15.5 Å². The summed E-state index contributed by atoms with van der Waals surface area (Å²) in [6.07, 6.45) is 0.419. The summed E-state index contributed by atoms with van der Waals surface area (Å²) in [6, 6.07) is 29.6. The lowest BCUT2D eigenvalue weighted by Gasteiger charge is -2.33. The van der Waals surface area contributed by atoms with Crippen LogP contribution in [-0.4, -0.2) is 32.6 Å². The second-order valence-electron chi connectivity index (χ2n) is 11.1. The number of carbonyl (C=O) groups excluding carboxylic acids is 1. The van der Waals surface area contributed by atoms with Gasteiger partial charge in [0.1, 0.15) is 23.3 Å². The van der Waals surface area contributed by atoms with Crippen molar-refractivity contribution >= 4 is 56.8 Å². The normalized spacial score (nSPS) is 11.4. The van der Waals surface area contributed by atoms with E-state index in [0.29, 0.717) is 22.8 Å². The minimum absolute atomic E-state index is 0.345. The average molecular weight is 572 g/mol. The Morgan fingerprint density at radius 1 is 0.814 bits per heavy atom. The largest absolute Gasteiger partial charge is 0.465 e. The molecule has 4 aromatic carbocycles. The van der Waals surface area contributed by atoms with Crippen molar-refractivity contribution in [1.29, 1.82) is 0 Å². The zero-order valence-electron chi connectivity index (χ0n) is 23.8. The number of hydrogen-bond donors (Lipinski definition) is 3. The molecule has 0 radical (unpaired) electrons. The third-order valence-corrected chi connectivity index (χ3v) is 6.99. The highest BCUT2D eigenvalue weighted by molar-refractivity contribution is 6.09. The summed E-state index contributed by atoms with van der Waals surface area (Å²) in [6.45, 7) is 5.40. The fraction of sp³-hybridized carbons (Fsp3) is 0.118. The highest BCUT2D eigenvalue weighted by Crippen LogP contribution is 2.35. The first-order valence-corrected chi connectivity index (χ1v) is 13.7. The molecule has 3 N–H and O–H groups in total. The van der Waals surface area contributed by atoms with Gasteiger partial charge in [0.15, 0.2) is 0 Å². The fourth-order valence-corrected chi connectivity index (χ4v) is 5.08. The molecular weight excluding hydrogens is 542 g/mol. The van der Waals surface area contributed by atoms with E-state index in [9.17, 15) is 14.7 Å². The molecule has 0 aliphatic heterocycles. The van der Waals surface area contributed by atoms with Gasteiger partial charge in [0.05, 0.1) is 5.69 Å². The number of nitrogens with zero attached hydrogens (tertiary/aromatic N) is 3. The first-order valence-electron chi connectivity index (χ1n) is 13.7. The first-order chi connectivity index (χ1) is 20.7. The molecule has 0 saturated heterocycles. The van der Waals surface area contributed by atoms with Crippen LogP contribution in [0.2, 0.25) is 0 Å². The molecule has 2 heterocycles. The van der Waals surface area contributed by atoms with Crippen molar-refractivity contribution in [3.05, 3.63) is 109 Å². The lowest BCUT2D eigenvalue weighted by Crippen LogP contribution is -2.45. The zero-order chi connectivity index (χ0) is 30.1. The summed E-state index contributed by atoms with van der Waals surface area (Å²) in [5.41, 5.74) is 4.65. The van der Waals surface area contributed by atoms with Crippen LogP contribution in [-0.2, 0) is 0 Å². The van der Waals surface area contributed by atoms with Crippen LogP contribution in [0.5, 0.6) is 0 Å². The number of carboxylic acid groups (broad SMARTS) is 1. The minimum atomic E-state index is -1.09. The summed E-state index contributed by atoms with van der Waals surface area (Å²) in [7, 11) is 0. The van der Waals surface area contributed by atoms with Crippen LogP contribution >= 0.6 is 0 Å². The van der Waals surface area contributed by atoms with Gasteiger partial charge < -0.3 is 20.2 Å². The maximum Gasteiger partial charge on any atom is 0.412 e. The fourth-order valence-electron chi connectivity index (χ4n) is 5.08. The van der Waals surface area contributed by atoms with Gasteiger partial charge >= 0.3 is 6.09 Å². The Hall–Kier alpha value is -5.70. The number of para-hydroxylation sites is 2. The van der Waals surface area contributed by atoms with Crippen molar-refractivity contribution in [2.45, 2.75) is 26.3 Å². The number of carbonyl (C=O) groups is 2. The van der Waals surface area contributed by atoms with Crippen molar-refractivity contribution in [3.63, 3.8) is 0 Å². The number of nitrogens with one attached hydrogen (secondary N) is 2.